The minimum absolute atomic E-state index is 0.250. The van der Waals surface area contributed by atoms with E-state index in [-0.39, 0.29) is 6.47 Å². The summed E-state index contributed by atoms with van der Waals surface area (Å²) in [5, 5.41) is 11.1. The van der Waals surface area contributed by atoms with Crippen molar-refractivity contribution in [3.05, 3.63) is 61.2 Å². The summed E-state index contributed by atoms with van der Waals surface area (Å²) < 4.78 is 40.5. The van der Waals surface area contributed by atoms with E-state index in [2.05, 4.69) is 15.3 Å². The summed E-state index contributed by atoms with van der Waals surface area (Å²) in [5.74, 6) is 0.818. The van der Waals surface area contributed by atoms with Gasteiger partial charge in [0.15, 0.2) is 0 Å². The summed E-state index contributed by atoms with van der Waals surface area (Å²) in [6.07, 6.45) is 2.68. The van der Waals surface area contributed by atoms with Crippen molar-refractivity contribution in [2.75, 3.05) is 11.9 Å². The van der Waals surface area contributed by atoms with Crippen LogP contribution in [0.4, 0.5) is 23.7 Å². The quantitative estimate of drug-likeness (QED) is 0.401. The van der Waals surface area contributed by atoms with E-state index >= 15 is 0 Å². The first kappa shape index (κ1) is 23.3. The van der Waals surface area contributed by atoms with Gasteiger partial charge in [-0.25, -0.2) is 14.8 Å². The van der Waals surface area contributed by atoms with Crippen molar-refractivity contribution in [1.82, 2.24) is 24.3 Å². The Morgan fingerprint density at radius 2 is 1.91 bits per heavy atom. The summed E-state index contributed by atoms with van der Waals surface area (Å²) in [6.45, 7) is -1.65. The number of halogens is 3. The fraction of sp³-hybridized carbons (Fsp3) is 0.143. The maximum absolute atomic E-state index is 12.2. The summed E-state index contributed by atoms with van der Waals surface area (Å²) >= 11 is 0. The molecule has 0 unspecified atom stereocenters. The van der Waals surface area contributed by atoms with Crippen LogP contribution in [0, 0.1) is 0 Å². The molecular formula is C21H19F3N6O3. The topological polar surface area (TPSA) is 114 Å². The van der Waals surface area contributed by atoms with Crippen molar-refractivity contribution in [3.8, 4) is 22.6 Å². The fourth-order valence-electron chi connectivity index (χ4n) is 3.09. The molecule has 33 heavy (non-hydrogen) atoms. The number of alkyl halides is 3. The number of rotatable bonds is 4. The number of anilines is 1. The Morgan fingerprint density at radius 1 is 1.15 bits per heavy atom. The Bertz CT molecular complexity index is 1270. The molecule has 4 rings (SSSR count). The van der Waals surface area contributed by atoms with Crippen LogP contribution in [0.25, 0.3) is 28.3 Å². The van der Waals surface area contributed by atoms with E-state index in [1.807, 2.05) is 46.6 Å². The molecule has 0 aliphatic carbocycles. The average molecular weight is 460 g/mol. The van der Waals surface area contributed by atoms with Crippen molar-refractivity contribution >= 4 is 23.8 Å². The third-order valence-corrected chi connectivity index (χ3v) is 4.46. The lowest BCUT2D eigenvalue weighted by Gasteiger charge is -2.11. The summed E-state index contributed by atoms with van der Waals surface area (Å²) in [4.78, 5) is 28.8. The summed E-state index contributed by atoms with van der Waals surface area (Å²) in [7, 11) is 1.91. The molecule has 0 bridgehead atoms. The minimum atomic E-state index is -4.47. The van der Waals surface area contributed by atoms with E-state index in [0.717, 1.165) is 22.6 Å². The first-order valence-corrected chi connectivity index (χ1v) is 9.46. The van der Waals surface area contributed by atoms with Crippen molar-refractivity contribution in [2.45, 2.75) is 6.18 Å². The first-order valence-electron chi connectivity index (χ1n) is 9.46. The van der Waals surface area contributed by atoms with Gasteiger partial charge in [0.1, 0.15) is 18.0 Å². The number of fused-ring (bicyclic) bond motifs is 1. The molecule has 0 aliphatic rings. The van der Waals surface area contributed by atoms with Crippen LogP contribution in [-0.4, -0.2) is 49.3 Å². The van der Waals surface area contributed by atoms with Crippen molar-refractivity contribution < 1.29 is 27.9 Å². The van der Waals surface area contributed by atoms with E-state index in [1.54, 1.807) is 35.9 Å². The lowest BCUT2D eigenvalue weighted by Crippen LogP contribution is -2.36. The largest absolute Gasteiger partial charge is 0.483 e. The molecular weight excluding hydrogens is 441 g/mol. The Labute approximate surface area is 185 Å². The van der Waals surface area contributed by atoms with Crippen LogP contribution in [0.3, 0.4) is 0 Å². The molecule has 4 aromatic rings. The molecule has 0 radical (unpaired) electrons. The number of aromatic nitrogens is 4. The number of benzene rings is 1. The van der Waals surface area contributed by atoms with Crippen LogP contribution in [0.1, 0.15) is 0 Å². The molecule has 3 heterocycles. The van der Waals surface area contributed by atoms with Crippen molar-refractivity contribution in [2.24, 2.45) is 7.05 Å². The van der Waals surface area contributed by atoms with E-state index in [1.165, 1.54) is 0 Å². The van der Waals surface area contributed by atoms with Crippen LogP contribution >= 0.6 is 0 Å². The van der Waals surface area contributed by atoms with E-state index < -0.39 is 18.8 Å². The minimum Gasteiger partial charge on any atom is -0.483 e. The second-order valence-corrected chi connectivity index (χ2v) is 6.76. The highest BCUT2D eigenvalue weighted by Crippen LogP contribution is 2.26. The van der Waals surface area contributed by atoms with E-state index in [0.29, 0.717) is 11.3 Å². The monoisotopic (exact) mass is 460 g/mol. The highest BCUT2D eigenvalue weighted by Gasteiger charge is 2.27. The van der Waals surface area contributed by atoms with Crippen LogP contribution in [0.15, 0.2) is 61.2 Å². The van der Waals surface area contributed by atoms with Gasteiger partial charge in [0.05, 0.1) is 11.9 Å². The number of nitrogens with zero attached hydrogens (tertiary/aromatic N) is 4. The van der Waals surface area contributed by atoms with Crippen LogP contribution in [-0.2, 0) is 11.8 Å². The Balaban J connectivity index is 0.000000968. The van der Waals surface area contributed by atoms with Gasteiger partial charge in [-0.1, -0.05) is 12.1 Å². The molecule has 172 valence electrons. The summed E-state index contributed by atoms with van der Waals surface area (Å²) in [6, 6.07) is 9.71. The number of nitrogens with one attached hydrogen (secondary N) is 2. The standard InChI is InChI=1S/C20H17F3N6O.CH2O2/c1-28-8-6-24-18(28)14-5-7-29-16(11-25-17(29)10-14)13-3-2-4-15(9-13)27-19(30)26-12-20(21,22)23;2-1-3/h2-11H,12H2,1H3,(H2,26,27,30);1H,(H,2,3). The lowest BCUT2D eigenvalue weighted by molar-refractivity contribution is -0.123. The van der Waals surface area contributed by atoms with Crippen molar-refractivity contribution in [3.63, 3.8) is 0 Å². The maximum atomic E-state index is 12.2. The normalized spacial score (nSPS) is 10.9. The molecule has 9 nitrogen and oxygen atoms in total. The number of imidazole rings is 2. The predicted molar refractivity (Wildman–Crippen MR) is 115 cm³/mol. The molecule has 3 aromatic heterocycles. The number of aryl methyl sites for hydroxylation is 1. The van der Waals surface area contributed by atoms with Gasteiger partial charge in [-0.15, -0.1) is 0 Å². The highest BCUT2D eigenvalue weighted by molar-refractivity contribution is 5.90. The molecule has 3 N–H and O–H groups in total. The number of carbonyl (C=O) groups excluding carboxylic acids is 1. The molecule has 0 atom stereocenters. The number of amides is 2. The van der Waals surface area contributed by atoms with Gasteiger partial charge in [0.25, 0.3) is 6.47 Å². The summed E-state index contributed by atoms with van der Waals surface area (Å²) in [5.41, 5.74) is 3.53. The zero-order valence-corrected chi connectivity index (χ0v) is 17.2. The SMILES string of the molecule is Cn1ccnc1-c1ccn2c(-c3cccc(NC(=O)NCC(F)(F)F)c3)cnc2c1.O=CO. The lowest BCUT2D eigenvalue weighted by atomic mass is 10.1. The number of urea groups is 1. The van der Waals surface area contributed by atoms with Gasteiger partial charge in [0, 0.05) is 42.5 Å². The van der Waals surface area contributed by atoms with Gasteiger partial charge < -0.3 is 20.3 Å². The van der Waals surface area contributed by atoms with Gasteiger partial charge in [0.2, 0.25) is 0 Å². The van der Waals surface area contributed by atoms with Gasteiger partial charge >= 0.3 is 12.2 Å². The Morgan fingerprint density at radius 3 is 2.58 bits per heavy atom. The first-order chi connectivity index (χ1) is 15.7. The van der Waals surface area contributed by atoms with Gasteiger partial charge in [-0.3, -0.25) is 9.20 Å². The molecule has 0 fully saturated rings. The zero-order valence-electron chi connectivity index (χ0n) is 17.2. The molecule has 0 saturated heterocycles. The smallest absolute Gasteiger partial charge is 0.405 e. The maximum Gasteiger partial charge on any atom is 0.405 e. The molecule has 12 heteroatoms. The molecule has 0 saturated carbocycles. The van der Waals surface area contributed by atoms with E-state index in [4.69, 9.17) is 9.90 Å². The van der Waals surface area contributed by atoms with Gasteiger partial charge in [-0.05, 0) is 24.3 Å². The van der Waals surface area contributed by atoms with Crippen LogP contribution in [0.2, 0.25) is 0 Å². The third kappa shape index (κ3) is 5.87. The molecule has 0 spiro atoms. The zero-order chi connectivity index (χ0) is 24.0. The second-order valence-electron chi connectivity index (χ2n) is 6.76. The fourth-order valence-corrected chi connectivity index (χ4v) is 3.09. The van der Waals surface area contributed by atoms with E-state index in [9.17, 15) is 18.0 Å². The van der Waals surface area contributed by atoms with Crippen molar-refractivity contribution in [1.29, 1.82) is 0 Å². The second kappa shape index (κ2) is 9.85. The molecule has 2 amide bonds. The predicted octanol–water partition coefficient (Wildman–Crippen LogP) is 3.79. The van der Waals surface area contributed by atoms with Crippen LogP contribution < -0.4 is 10.6 Å². The number of hydrogen-bond donors (Lipinski definition) is 3. The Hall–Kier alpha value is -4.35. The van der Waals surface area contributed by atoms with Crippen LogP contribution in [0.5, 0.6) is 0 Å². The number of carbonyl (C=O) groups is 2. The number of carboxylic acid groups (broad SMARTS) is 1. The number of hydrogen-bond acceptors (Lipinski definition) is 4. The average Bonchev–Trinajstić information content (AvgIpc) is 3.38. The molecule has 0 aliphatic heterocycles. The molecule has 1 aromatic carbocycles. The van der Waals surface area contributed by atoms with Gasteiger partial charge in [-0.2, -0.15) is 13.2 Å². The highest BCUT2D eigenvalue weighted by atomic mass is 19.4. The third-order valence-electron chi connectivity index (χ3n) is 4.46. The Kier molecular flexibility index (Phi) is 6.96. The number of pyridine rings is 1.